The van der Waals surface area contributed by atoms with E-state index in [9.17, 15) is 8.42 Å². The fraction of sp³-hybridized carbons (Fsp3) is 0.375. The van der Waals surface area contributed by atoms with Gasteiger partial charge in [0.05, 0.1) is 0 Å². The summed E-state index contributed by atoms with van der Waals surface area (Å²) in [5, 5.41) is 9.88. The van der Waals surface area contributed by atoms with Crippen LogP contribution in [0.2, 0.25) is 0 Å². The minimum atomic E-state index is -3.38. The van der Waals surface area contributed by atoms with Gasteiger partial charge in [0.25, 0.3) is 0 Å². The van der Waals surface area contributed by atoms with Gasteiger partial charge in [-0.2, -0.15) is 9.47 Å². The highest BCUT2D eigenvalue weighted by Gasteiger charge is 2.20. The molecule has 0 radical (unpaired) electrons. The van der Waals surface area contributed by atoms with Crippen LogP contribution in [0.4, 0.5) is 10.8 Å². The third kappa shape index (κ3) is 2.76. The molecule has 98 valence electrons. The maximum absolute atomic E-state index is 11.5. The maximum Gasteiger partial charge on any atom is 0.182 e. The summed E-state index contributed by atoms with van der Waals surface area (Å²) in [6.07, 6.45) is 3.12. The molecule has 0 atom stereocenters. The first-order valence-electron chi connectivity index (χ1n) is 5.02. The minimum absolute atomic E-state index is 0.0321. The van der Waals surface area contributed by atoms with Crippen molar-refractivity contribution in [3.8, 4) is 0 Å². The Bertz CT molecular complexity index is 618. The van der Waals surface area contributed by atoms with Gasteiger partial charge in [-0.25, -0.2) is 13.4 Å². The second-order valence-corrected chi connectivity index (χ2v) is 6.33. The van der Waals surface area contributed by atoms with E-state index >= 15 is 0 Å². The van der Waals surface area contributed by atoms with Gasteiger partial charge in [0.15, 0.2) is 15.7 Å². The summed E-state index contributed by atoms with van der Waals surface area (Å²) in [7, 11) is -3.38. The van der Waals surface area contributed by atoms with Crippen LogP contribution >= 0.6 is 11.5 Å². The second-order valence-electron chi connectivity index (χ2n) is 3.61. The largest absolute Gasteiger partial charge is 0.382 e. The molecule has 2 rings (SSSR count). The Hall–Kier alpha value is -1.68. The molecule has 0 amide bonds. The van der Waals surface area contributed by atoms with Gasteiger partial charge < -0.3 is 11.1 Å². The number of anilines is 2. The first kappa shape index (κ1) is 12.8. The first-order chi connectivity index (χ1) is 8.48. The van der Waals surface area contributed by atoms with Crippen molar-refractivity contribution in [3.63, 3.8) is 0 Å². The molecule has 10 heteroatoms. The fourth-order valence-electron chi connectivity index (χ4n) is 1.41. The van der Waals surface area contributed by atoms with E-state index in [0.717, 1.165) is 23.6 Å². The van der Waals surface area contributed by atoms with Crippen molar-refractivity contribution < 1.29 is 8.42 Å². The average molecular weight is 288 g/mol. The zero-order valence-electron chi connectivity index (χ0n) is 9.54. The van der Waals surface area contributed by atoms with E-state index in [4.69, 9.17) is 5.73 Å². The Morgan fingerprint density at radius 2 is 2.33 bits per heavy atom. The van der Waals surface area contributed by atoms with E-state index in [1.807, 2.05) is 0 Å². The van der Waals surface area contributed by atoms with Crippen LogP contribution in [0.3, 0.4) is 0 Å². The van der Waals surface area contributed by atoms with Crippen molar-refractivity contribution in [2.24, 2.45) is 0 Å². The van der Waals surface area contributed by atoms with Crippen LogP contribution < -0.4 is 11.1 Å². The maximum atomic E-state index is 11.5. The number of aromatic amines is 1. The Balaban J connectivity index is 2.06. The van der Waals surface area contributed by atoms with Crippen LogP contribution in [-0.4, -0.2) is 40.8 Å². The monoisotopic (exact) mass is 288 g/mol. The molecule has 2 aromatic rings. The van der Waals surface area contributed by atoms with E-state index in [-0.39, 0.29) is 10.7 Å². The van der Waals surface area contributed by atoms with Crippen LogP contribution in [0.25, 0.3) is 0 Å². The third-order valence-corrected chi connectivity index (χ3v) is 4.26. The molecule has 8 nitrogen and oxygen atoms in total. The summed E-state index contributed by atoms with van der Waals surface area (Å²) in [6.45, 7) is 0.513. The number of hydrogen-bond donors (Lipinski definition) is 3. The highest BCUT2D eigenvalue weighted by atomic mass is 32.2. The number of hydrogen-bond acceptors (Lipinski definition) is 8. The molecule has 0 fully saturated rings. The van der Waals surface area contributed by atoms with Crippen LogP contribution in [-0.2, 0) is 16.3 Å². The lowest BCUT2D eigenvalue weighted by Gasteiger charge is -2.04. The number of nitrogens with two attached hydrogens (primary N) is 1. The smallest absolute Gasteiger partial charge is 0.182 e. The standard InChI is InChI=1S/C8H12N6O2S2/c1-18(15,16)6-7(9)14-17-8(6)10-3-2-5-11-4-12-13-5/h4,10H,2-3H2,1H3,(H2,9,14)(H,11,12,13). The highest BCUT2D eigenvalue weighted by Crippen LogP contribution is 2.30. The predicted molar refractivity (Wildman–Crippen MR) is 68.2 cm³/mol. The van der Waals surface area contributed by atoms with Crippen molar-refractivity contribution >= 4 is 32.2 Å². The van der Waals surface area contributed by atoms with Gasteiger partial charge in [-0.15, -0.1) is 0 Å². The van der Waals surface area contributed by atoms with Gasteiger partial charge in [0.1, 0.15) is 22.0 Å². The Morgan fingerprint density at radius 3 is 2.94 bits per heavy atom. The molecular weight excluding hydrogens is 276 g/mol. The van der Waals surface area contributed by atoms with Gasteiger partial charge in [-0.05, 0) is 11.5 Å². The molecule has 0 unspecified atom stereocenters. The fourth-order valence-corrected chi connectivity index (χ4v) is 3.50. The normalized spacial score (nSPS) is 11.6. The summed E-state index contributed by atoms with van der Waals surface area (Å²) in [5.41, 5.74) is 5.55. The van der Waals surface area contributed by atoms with Crippen molar-refractivity contribution in [2.75, 3.05) is 23.9 Å². The lowest BCUT2D eigenvalue weighted by atomic mass is 10.4. The molecule has 0 spiro atoms. The number of rotatable bonds is 5. The number of nitrogens with one attached hydrogen (secondary N) is 2. The molecule has 2 aromatic heterocycles. The van der Waals surface area contributed by atoms with Gasteiger partial charge in [0.2, 0.25) is 0 Å². The van der Waals surface area contributed by atoms with Crippen LogP contribution in [0.15, 0.2) is 11.2 Å². The Labute approximate surface area is 108 Å². The van der Waals surface area contributed by atoms with E-state index in [0.29, 0.717) is 18.0 Å². The summed E-state index contributed by atoms with van der Waals surface area (Å²) in [5.74, 6) is 0.755. The summed E-state index contributed by atoms with van der Waals surface area (Å²) in [4.78, 5) is 4.02. The molecule has 0 aliphatic carbocycles. The van der Waals surface area contributed by atoms with Crippen LogP contribution in [0.1, 0.15) is 5.82 Å². The van der Waals surface area contributed by atoms with Crippen molar-refractivity contribution in [3.05, 3.63) is 12.2 Å². The lowest BCUT2D eigenvalue weighted by molar-refractivity contribution is 0.602. The van der Waals surface area contributed by atoms with E-state index < -0.39 is 9.84 Å². The minimum Gasteiger partial charge on any atom is -0.382 e. The van der Waals surface area contributed by atoms with Crippen molar-refractivity contribution in [1.29, 1.82) is 0 Å². The molecule has 0 bridgehead atoms. The van der Waals surface area contributed by atoms with Gasteiger partial charge >= 0.3 is 0 Å². The molecule has 2 heterocycles. The SMILES string of the molecule is CS(=O)(=O)c1c(N)nsc1NCCc1ncn[nH]1. The first-order valence-corrected chi connectivity index (χ1v) is 7.68. The number of H-pyrrole nitrogens is 1. The topological polar surface area (TPSA) is 127 Å². The quantitative estimate of drug-likeness (QED) is 0.701. The van der Waals surface area contributed by atoms with Crippen LogP contribution in [0, 0.1) is 0 Å². The van der Waals surface area contributed by atoms with E-state index in [1.165, 1.54) is 6.33 Å². The molecule has 4 N–H and O–H groups in total. The van der Waals surface area contributed by atoms with Crippen molar-refractivity contribution in [1.82, 2.24) is 19.6 Å². The Morgan fingerprint density at radius 1 is 1.56 bits per heavy atom. The number of nitrogens with zero attached hydrogens (tertiary/aromatic N) is 3. The highest BCUT2D eigenvalue weighted by molar-refractivity contribution is 7.91. The predicted octanol–water partition coefficient (Wildman–Crippen LogP) is -0.0985. The number of nitrogen functional groups attached to an aromatic ring is 1. The van der Waals surface area contributed by atoms with Gasteiger partial charge in [0, 0.05) is 19.2 Å². The second kappa shape index (κ2) is 4.90. The average Bonchev–Trinajstić information content (AvgIpc) is 2.87. The van der Waals surface area contributed by atoms with Crippen LogP contribution in [0.5, 0.6) is 0 Å². The lowest BCUT2D eigenvalue weighted by Crippen LogP contribution is -2.09. The molecule has 0 aliphatic rings. The van der Waals surface area contributed by atoms with Crippen molar-refractivity contribution in [2.45, 2.75) is 11.3 Å². The summed E-state index contributed by atoms with van der Waals surface area (Å²) in [6, 6.07) is 0. The number of aromatic nitrogens is 4. The zero-order valence-corrected chi connectivity index (χ0v) is 11.2. The summed E-state index contributed by atoms with van der Waals surface area (Å²) < 4.78 is 26.9. The summed E-state index contributed by atoms with van der Waals surface area (Å²) >= 11 is 1.03. The molecule has 0 aliphatic heterocycles. The van der Waals surface area contributed by atoms with Gasteiger partial charge in [-0.3, -0.25) is 5.10 Å². The van der Waals surface area contributed by atoms with E-state index in [2.05, 4.69) is 24.9 Å². The molecular formula is C8H12N6O2S2. The molecule has 0 aromatic carbocycles. The molecule has 0 saturated heterocycles. The third-order valence-electron chi connectivity index (χ3n) is 2.16. The Kier molecular flexibility index (Phi) is 3.48. The number of sulfone groups is 1. The zero-order chi connectivity index (χ0) is 13.2. The van der Waals surface area contributed by atoms with Gasteiger partial charge in [-0.1, -0.05) is 0 Å². The molecule has 18 heavy (non-hydrogen) atoms. The molecule has 0 saturated carbocycles. The van der Waals surface area contributed by atoms with E-state index in [1.54, 1.807) is 0 Å².